The van der Waals surface area contributed by atoms with Gasteiger partial charge in [0, 0.05) is 16.9 Å². The Hall–Kier alpha value is -2.42. The highest BCUT2D eigenvalue weighted by Gasteiger charge is 2.55. The van der Waals surface area contributed by atoms with Crippen molar-refractivity contribution in [2.75, 3.05) is 0 Å². The zero-order valence-corrected chi connectivity index (χ0v) is 17.6. The Morgan fingerprint density at radius 1 is 1.00 bits per heavy atom. The Balaban J connectivity index is 1.75. The summed E-state index contributed by atoms with van der Waals surface area (Å²) in [5, 5.41) is 0. The highest BCUT2D eigenvalue weighted by Crippen LogP contribution is 2.55. The first-order valence-electron chi connectivity index (χ1n) is 10.7. The standard InChI is InChI=1S/C26H30O3/c1-25(2,3)29-24(28)20-16-22(23(27)19-11-5-4-6-12-19)26(17-20)15-9-13-18-10-7-8-14-21(18)26/h4-8,10-12,14,20,22H,9,13,15-17H2,1-3H3/t20-,22+,26+/m0/s1. The van der Waals surface area contributed by atoms with Crippen molar-refractivity contribution in [3.63, 3.8) is 0 Å². The second-order valence-electron chi connectivity index (χ2n) is 9.62. The predicted molar refractivity (Wildman–Crippen MR) is 114 cm³/mol. The van der Waals surface area contributed by atoms with Gasteiger partial charge >= 0.3 is 5.97 Å². The largest absolute Gasteiger partial charge is 0.460 e. The molecular weight excluding hydrogens is 360 g/mol. The number of carbonyl (C=O) groups excluding carboxylic acids is 2. The smallest absolute Gasteiger partial charge is 0.309 e. The van der Waals surface area contributed by atoms with Gasteiger partial charge in [0.05, 0.1) is 5.92 Å². The first-order valence-corrected chi connectivity index (χ1v) is 10.7. The van der Waals surface area contributed by atoms with E-state index in [4.69, 9.17) is 4.74 Å². The molecule has 2 aromatic rings. The average Bonchev–Trinajstić information content (AvgIpc) is 3.07. The predicted octanol–water partition coefficient (Wildman–Crippen LogP) is 5.51. The Morgan fingerprint density at radius 2 is 1.69 bits per heavy atom. The van der Waals surface area contributed by atoms with Crippen molar-refractivity contribution in [2.24, 2.45) is 11.8 Å². The third kappa shape index (κ3) is 3.75. The zero-order valence-electron chi connectivity index (χ0n) is 17.6. The lowest BCUT2D eigenvalue weighted by Gasteiger charge is -2.40. The van der Waals surface area contributed by atoms with Gasteiger partial charge in [-0.15, -0.1) is 0 Å². The fourth-order valence-electron chi connectivity index (χ4n) is 5.43. The van der Waals surface area contributed by atoms with Gasteiger partial charge in [-0.3, -0.25) is 9.59 Å². The zero-order chi connectivity index (χ0) is 20.6. The van der Waals surface area contributed by atoms with Gasteiger partial charge in [-0.25, -0.2) is 0 Å². The SMILES string of the molecule is CC(C)(C)OC(=O)[C@H]1C[C@H](C(=O)c2ccccc2)[C@]2(CCCc3ccccc32)C1. The van der Waals surface area contributed by atoms with Gasteiger partial charge in [0.25, 0.3) is 0 Å². The van der Waals surface area contributed by atoms with Gasteiger partial charge in [-0.2, -0.15) is 0 Å². The number of ether oxygens (including phenoxy) is 1. The number of esters is 1. The molecule has 3 atom stereocenters. The summed E-state index contributed by atoms with van der Waals surface area (Å²) in [5.41, 5.74) is 2.55. The summed E-state index contributed by atoms with van der Waals surface area (Å²) in [7, 11) is 0. The number of benzene rings is 2. The Labute approximate surface area is 173 Å². The van der Waals surface area contributed by atoms with Gasteiger partial charge < -0.3 is 4.74 Å². The molecule has 0 radical (unpaired) electrons. The van der Waals surface area contributed by atoms with Crippen LogP contribution in [0.1, 0.15) is 67.9 Å². The molecule has 3 nitrogen and oxygen atoms in total. The van der Waals surface area contributed by atoms with Crippen molar-refractivity contribution in [2.45, 2.75) is 63.9 Å². The molecule has 1 spiro atoms. The second-order valence-corrected chi connectivity index (χ2v) is 9.62. The number of Topliss-reactive ketones (excluding diaryl/α,β-unsaturated/α-hetero) is 1. The highest BCUT2D eigenvalue weighted by atomic mass is 16.6. The van der Waals surface area contributed by atoms with E-state index < -0.39 is 5.60 Å². The summed E-state index contributed by atoms with van der Waals surface area (Å²) in [5.74, 6) is -0.432. The second kappa shape index (κ2) is 7.44. The molecule has 2 aliphatic rings. The molecule has 0 N–H and O–H groups in total. The molecule has 1 fully saturated rings. The lowest BCUT2D eigenvalue weighted by molar-refractivity contribution is -0.159. The van der Waals surface area contributed by atoms with Crippen molar-refractivity contribution in [1.29, 1.82) is 0 Å². The van der Waals surface area contributed by atoms with Crippen LogP contribution in [0.2, 0.25) is 0 Å². The molecule has 0 aromatic heterocycles. The van der Waals surface area contributed by atoms with E-state index in [1.54, 1.807) is 0 Å². The van der Waals surface area contributed by atoms with E-state index in [1.807, 2.05) is 51.1 Å². The van der Waals surface area contributed by atoms with Crippen molar-refractivity contribution < 1.29 is 14.3 Å². The lowest BCUT2D eigenvalue weighted by atomic mass is 9.62. The minimum Gasteiger partial charge on any atom is -0.460 e. The van der Waals surface area contributed by atoms with Crippen molar-refractivity contribution in [1.82, 2.24) is 0 Å². The first-order chi connectivity index (χ1) is 13.8. The minimum atomic E-state index is -0.518. The molecular formula is C26H30O3. The Morgan fingerprint density at radius 3 is 2.41 bits per heavy atom. The number of hydrogen-bond donors (Lipinski definition) is 0. The van der Waals surface area contributed by atoms with Gasteiger partial charge in [0.15, 0.2) is 5.78 Å². The lowest BCUT2D eigenvalue weighted by Crippen LogP contribution is -2.39. The summed E-state index contributed by atoms with van der Waals surface area (Å²) in [6, 6.07) is 18.0. The first kappa shape index (κ1) is 19.9. The van der Waals surface area contributed by atoms with Crippen LogP contribution in [0.5, 0.6) is 0 Å². The van der Waals surface area contributed by atoms with E-state index in [0.717, 1.165) is 24.8 Å². The Bertz CT molecular complexity index is 909. The molecule has 2 aromatic carbocycles. The topological polar surface area (TPSA) is 43.4 Å². The number of carbonyl (C=O) groups is 2. The van der Waals surface area contributed by atoms with Crippen LogP contribution in [0, 0.1) is 11.8 Å². The summed E-state index contributed by atoms with van der Waals surface area (Å²) < 4.78 is 5.73. The molecule has 2 aliphatic carbocycles. The van der Waals surface area contributed by atoms with E-state index >= 15 is 0 Å². The monoisotopic (exact) mass is 390 g/mol. The maximum atomic E-state index is 13.6. The molecule has 29 heavy (non-hydrogen) atoms. The fourth-order valence-corrected chi connectivity index (χ4v) is 5.43. The van der Waals surface area contributed by atoms with Crippen molar-refractivity contribution >= 4 is 11.8 Å². The molecule has 0 aliphatic heterocycles. The number of fused-ring (bicyclic) bond motifs is 2. The maximum absolute atomic E-state index is 13.6. The summed E-state index contributed by atoms with van der Waals surface area (Å²) in [4.78, 5) is 26.6. The van der Waals surface area contributed by atoms with Crippen LogP contribution in [0.3, 0.4) is 0 Å². The van der Waals surface area contributed by atoms with Crippen LogP contribution in [0.4, 0.5) is 0 Å². The number of rotatable bonds is 3. The molecule has 0 heterocycles. The van der Waals surface area contributed by atoms with Gasteiger partial charge in [0.2, 0.25) is 0 Å². The normalized spacial score (nSPS) is 26.2. The molecule has 4 rings (SSSR count). The molecule has 0 unspecified atom stereocenters. The molecule has 0 amide bonds. The van der Waals surface area contributed by atoms with E-state index in [0.29, 0.717) is 12.8 Å². The third-order valence-corrected chi connectivity index (χ3v) is 6.54. The van der Waals surface area contributed by atoms with Crippen LogP contribution in [-0.4, -0.2) is 17.4 Å². The van der Waals surface area contributed by atoms with Crippen LogP contribution >= 0.6 is 0 Å². The quantitative estimate of drug-likeness (QED) is 0.512. The average molecular weight is 391 g/mol. The summed E-state index contributed by atoms with van der Waals surface area (Å²) >= 11 is 0. The molecule has 3 heteroatoms. The fraction of sp³-hybridized carbons (Fsp3) is 0.462. The van der Waals surface area contributed by atoms with Crippen LogP contribution in [0.15, 0.2) is 54.6 Å². The Kier molecular flexibility index (Phi) is 5.10. The summed E-state index contributed by atoms with van der Waals surface area (Å²) in [6.45, 7) is 5.70. The number of ketones is 1. The van der Waals surface area contributed by atoms with Gasteiger partial charge in [-0.05, 0) is 64.0 Å². The van der Waals surface area contributed by atoms with Crippen LogP contribution in [0.25, 0.3) is 0 Å². The van der Waals surface area contributed by atoms with Crippen molar-refractivity contribution in [3.8, 4) is 0 Å². The van der Waals surface area contributed by atoms with E-state index in [-0.39, 0.29) is 29.0 Å². The molecule has 1 saturated carbocycles. The number of hydrogen-bond acceptors (Lipinski definition) is 3. The highest BCUT2D eigenvalue weighted by molar-refractivity contribution is 5.99. The van der Waals surface area contributed by atoms with Crippen molar-refractivity contribution in [3.05, 3.63) is 71.3 Å². The minimum absolute atomic E-state index is 0.161. The molecule has 0 bridgehead atoms. The maximum Gasteiger partial charge on any atom is 0.309 e. The molecule has 152 valence electrons. The van der Waals surface area contributed by atoms with Gasteiger partial charge in [0.1, 0.15) is 5.60 Å². The van der Waals surface area contributed by atoms with Crippen LogP contribution < -0.4 is 0 Å². The van der Waals surface area contributed by atoms with Gasteiger partial charge in [-0.1, -0.05) is 54.6 Å². The molecule has 0 saturated heterocycles. The van der Waals surface area contributed by atoms with E-state index in [9.17, 15) is 9.59 Å². The van der Waals surface area contributed by atoms with Crippen LogP contribution in [-0.2, 0) is 21.4 Å². The third-order valence-electron chi connectivity index (χ3n) is 6.54. The summed E-state index contributed by atoms with van der Waals surface area (Å²) in [6.07, 6.45) is 4.31. The number of aryl methyl sites for hydroxylation is 1. The van der Waals surface area contributed by atoms with E-state index in [2.05, 4.69) is 24.3 Å². The van der Waals surface area contributed by atoms with E-state index in [1.165, 1.54) is 11.1 Å².